The van der Waals surface area contributed by atoms with Gasteiger partial charge in [-0.1, -0.05) is 0 Å². The lowest BCUT2D eigenvalue weighted by molar-refractivity contribution is -0.110. The lowest BCUT2D eigenvalue weighted by Crippen LogP contribution is -2.17. The Labute approximate surface area is 156 Å². The van der Waals surface area contributed by atoms with Gasteiger partial charge in [-0.05, 0) is 49.4 Å². The molecule has 7 heteroatoms. The molecule has 138 valence electrons. The second-order valence-corrected chi connectivity index (χ2v) is 5.99. The van der Waals surface area contributed by atoms with E-state index < -0.39 is 5.97 Å². The zero-order valence-electron chi connectivity index (χ0n) is 15.2. The number of anilines is 2. The van der Waals surface area contributed by atoms with Crippen LogP contribution in [-0.2, 0) is 9.53 Å². The highest BCUT2D eigenvalue weighted by Gasteiger charge is 2.27. The Kier molecular flexibility index (Phi) is 4.94. The van der Waals surface area contributed by atoms with E-state index in [-0.39, 0.29) is 11.8 Å². The third-order valence-corrected chi connectivity index (χ3v) is 4.27. The molecule has 2 aromatic rings. The van der Waals surface area contributed by atoms with Crippen molar-refractivity contribution in [1.82, 2.24) is 5.32 Å². The van der Waals surface area contributed by atoms with Crippen LogP contribution < -0.4 is 16.0 Å². The van der Waals surface area contributed by atoms with Gasteiger partial charge in [-0.2, -0.15) is 0 Å². The van der Waals surface area contributed by atoms with Crippen LogP contribution in [0.15, 0.2) is 48.2 Å². The first kappa shape index (κ1) is 18.2. The first-order valence-electron chi connectivity index (χ1n) is 8.28. The number of rotatable bonds is 4. The van der Waals surface area contributed by atoms with Crippen LogP contribution in [0.25, 0.3) is 5.57 Å². The van der Waals surface area contributed by atoms with Gasteiger partial charge in [-0.25, -0.2) is 4.79 Å². The second kappa shape index (κ2) is 7.33. The molecule has 0 saturated carbocycles. The predicted octanol–water partition coefficient (Wildman–Crippen LogP) is 2.63. The Morgan fingerprint density at radius 3 is 2.33 bits per heavy atom. The van der Waals surface area contributed by atoms with Gasteiger partial charge in [0.15, 0.2) is 0 Å². The molecule has 0 atom stereocenters. The lowest BCUT2D eigenvalue weighted by Gasteiger charge is -2.11. The van der Waals surface area contributed by atoms with Gasteiger partial charge >= 0.3 is 5.97 Å². The highest BCUT2D eigenvalue weighted by molar-refractivity contribution is 6.32. The van der Waals surface area contributed by atoms with Crippen LogP contribution >= 0.6 is 0 Å². The van der Waals surface area contributed by atoms with Gasteiger partial charge in [-0.15, -0.1) is 0 Å². The molecule has 0 bridgehead atoms. The topological polar surface area (TPSA) is 96.5 Å². The summed E-state index contributed by atoms with van der Waals surface area (Å²) in [5.41, 5.74) is 3.99. The molecule has 2 aromatic carbocycles. The first-order chi connectivity index (χ1) is 12.9. The van der Waals surface area contributed by atoms with E-state index in [9.17, 15) is 14.4 Å². The van der Waals surface area contributed by atoms with E-state index in [1.807, 2.05) is 0 Å². The van der Waals surface area contributed by atoms with Gasteiger partial charge in [-0.3, -0.25) is 9.59 Å². The third kappa shape index (κ3) is 3.52. The molecule has 0 unspecified atom stereocenters. The quantitative estimate of drug-likeness (QED) is 0.572. The Hall–Kier alpha value is -3.61. The summed E-state index contributed by atoms with van der Waals surface area (Å²) in [5, 5.41) is 8.52. The number of allylic oxidation sites excluding steroid dienone is 1. The molecule has 0 aliphatic carbocycles. The number of fused-ring (bicyclic) bond motifs is 1. The average molecular weight is 365 g/mol. The maximum absolute atomic E-state index is 12.4. The molecule has 0 fully saturated rings. The fourth-order valence-electron chi connectivity index (χ4n) is 2.91. The number of carbonyl (C=O) groups is 3. The molecule has 1 aliphatic heterocycles. The Bertz CT molecular complexity index is 962. The van der Waals surface area contributed by atoms with Gasteiger partial charge in [0.1, 0.15) is 0 Å². The minimum atomic E-state index is -0.466. The van der Waals surface area contributed by atoms with Gasteiger partial charge in [0.2, 0.25) is 0 Å². The van der Waals surface area contributed by atoms with E-state index in [4.69, 9.17) is 4.74 Å². The predicted molar refractivity (Wildman–Crippen MR) is 102 cm³/mol. The molecule has 2 amide bonds. The molecule has 1 heterocycles. The summed E-state index contributed by atoms with van der Waals surface area (Å²) in [4.78, 5) is 35.8. The van der Waals surface area contributed by atoms with Crippen LogP contribution in [0, 0.1) is 0 Å². The normalized spacial score (nSPS) is 14.1. The van der Waals surface area contributed by atoms with Crippen molar-refractivity contribution in [3.05, 3.63) is 64.9 Å². The fraction of sp³-hybridized carbons (Fsp3) is 0.150. The van der Waals surface area contributed by atoms with Crippen molar-refractivity contribution in [1.29, 1.82) is 0 Å². The van der Waals surface area contributed by atoms with Crippen LogP contribution in [-0.4, -0.2) is 31.9 Å². The van der Waals surface area contributed by atoms with Gasteiger partial charge < -0.3 is 20.7 Å². The molecular formula is C20H19N3O4. The maximum atomic E-state index is 12.4. The third-order valence-electron chi connectivity index (χ3n) is 4.27. The van der Waals surface area contributed by atoms with Crippen molar-refractivity contribution in [3.63, 3.8) is 0 Å². The number of esters is 1. The molecule has 27 heavy (non-hydrogen) atoms. The number of amides is 2. The van der Waals surface area contributed by atoms with Crippen molar-refractivity contribution in [3.8, 4) is 0 Å². The van der Waals surface area contributed by atoms with E-state index in [1.54, 1.807) is 56.4 Å². The summed E-state index contributed by atoms with van der Waals surface area (Å²) in [6, 6.07) is 11.8. The van der Waals surface area contributed by atoms with Gasteiger partial charge in [0.25, 0.3) is 11.8 Å². The van der Waals surface area contributed by atoms with Gasteiger partial charge in [0.05, 0.1) is 18.2 Å². The summed E-state index contributed by atoms with van der Waals surface area (Å²) < 4.78 is 4.75. The van der Waals surface area contributed by atoms with E-state index >= 15 is 0 Å². The number of carbonyl (C=O) groups excluding carboxylic acids is 3. The highest BCUT2D eigenvalue weighted by Crippen LogP contribution is 2.35. The zero-order valence-corrected chi connectivity index (χ0v) is 15.2. The molecule has 3 rings (SSSR count). The lowest BCUT2D eigenvalue weighted by atomic mass is 10.0. The highest BCUT2D eigenvalue weighted by atomic mass is 16.5. The summed E-state index contributed by atoms with van der Waals surface area (Å²) in [7, 11) is 2.88. The molecule has 1 aliphatic rings. The van der Waals surface area contributed by atoms with Crippen molar-refractivity contribution in [2.24, 2.45) is 0 Å². The van der Waals surface area contributed by atoms with Crippen LogP contribution in [0.2, 0.25) is 0 Å². The molecule has 0 saturated heterocycles. The number of benzene rings is 2. The molecule has 0 spiro atoms. The molecule has 0 aromatic heterocycles. The van der Waals surface area contributed by atoms with E-state index in [1.165, 1.54) is 7.11 Å². The fourth-order valence-corrected chi connectivity index (χ4v) is 2.91. The molecular weight excluding hydrogens is 346 g/mol. The summed E-state index contributed by atoms with van der Waals surface area (Å²) >= 11 is 0. The van der Waals surface area contributed by atoms with Crippen molar-refractivity contribution >= 4 is 34.7 Å². The standard InChI is InChI=1S/C20H19N3O4/c1-11(22-14-7-4-12(5-8-14)18(24)21-2)17-15-10-13(20(26)27-3)6-9-16(15)23-19(17)25/h4-10,22H,1-3H3,(H,21,24)(H,23,25)/b17-11-. The SMILES string of the molecule is CNC(=O)c1ccc(N/C(C)=C2\C(=O)Nc3ccc(C(=O)OC)cc32)cc1. The van der Waals surface area contributed by atoms with Gasteiger partial charge in [0, 0.05) is 35.2 Å². The van der Waals surface area contributed by atoms with Crippen LogP contribution in [0.5, 0.6) is 0 Å². The largest absolute Gasteiger partial charge is 0.465 e. The minimum Gasteiger partial charge on any atom is -0.465 e. The summed E-state index contributed by atoms with van der Waals surface area (Å²) in [6.45, 7) is 1.78. The smallest absolute Gasteiger partial charge is 0.337 e. The second-order valence-electron chi connectivity index (χ2n) is 5.99. The zero-order chi connectivity index (χ0) is 19.6. The van der Waals surface area contributed by atoms with Crippen LogP contribution in [0.4, 0.5) is 11.4 Å². The van der Waals surface area contributed by atoms with E-state index in [0.29, 0.717) is 33.6 Å². The Balaban J connectivity index is 1.93. The van der Waals surface area contributed by atoms with Crippen molar-refractivity contribution in [2.75, 3.05) is 24.8 Å². The first-order valence-corrected chi connectivity index (χ1v) is 8.28. The molecule has 3 N–H and O–H groups in total. The Morgan fingerprint density at radius 2 is 1.70 bits per heavy atom. The average Bonchev–Trinajstić information content (AvgIpc) is 3.02. The van der Waals surface area contributed by atoms with E-state index in [2.05, 4.69) is 16.0 Å². The summed E-state index contributed by atoms with van der Waals surface area (Å²) in [5.74, 6) is -0.887. The minimum absolute atomic E-state index is 0.170. The summed E-state index contributed by atoms with van der Waals surface area (Å²) in [6.07, 6.45) is 0. The molecule has 0 radical (unpaired) electrons. The van der Waals surface area contributed by atoms with Crippen molar-refractivity contribution < 1.29 is 19.1 Å². The van der Waals surface area contributed by atoms with E-state index in [0.717, 1.165) is 5.69 Å². The maximum Gasteiger partial charge on any atom is 0.337 e. The number of hydrogen-bond acceptors (Lipinski definition) is 5. The van der Waals surface area contributed by atoms with Crippen molar-refractivity contribution in [2.45, 2.75) is 6.92 Å². The Morgan fingerprint density at radius 1 is 1.04 bits per heavy atom. The van der Waals surface area contributed by atoms with Crippen LogP contribution in [0.3, 0.4) is 0 Å². The monoisotopic (exact) mass is 365 g/mol. The number of ether oxygens (including phenoxy) is 1. The number of nitrogens with one attached hydrogen (secondary N) is 3. The van der Waals surface area contributed by atoms with Crippen LogP contribution in [0.1, 0.15) is 33.2 Å². The number of methoxy groups -OCH3 is 1. The molecule has 7 nitrogen and oxygen atoms in total. The number of hydrogen-bond donors (Lipinski definition) is 3.